The molecule has 1 heterocycles. The van der Waals surface area contributed by atoms with Crippen molar-refractivity contribution in [1.82, 2.24) is 4.98 Å². The van der Waals surface area contributed by atoms with Crippen molar-refractivity contribution < 1.29 is 0 Å². The Morgan fingerprint density at radius 1 is 1.18 bits per heavy atom. The van der Waals surface area contributed by atoms with Crippen LogP contribution in [0.2, 0.25) is 0 Å². The lowest BCUT2D eigenvalue weighted by Gasteiger charge is -2.20. The molecule has 0 radical (unpaired) electrons. The summed E-state index contributed by atoms with van der Waals surface area (Å²) in [6, 6.07) is 13.5. The summed E-state index contributed by atoms with van der Waals surface area (Å²) in [7, 11) is 1.97. The van der Waals surface area contributed by atoms with Crippen LogP contribution in [0.25, 0.3) is 0 Å². The summed E-state index contributed by atoms with van der Waals surface area (Å²) >= 11 is 0. The van der Waals surface area contributed by atoms with Crippen LogP contribution in [0, 0.1) is 18.3 Å². The van der Waals surface area contributed by atoms with Gasteiger partial charge in [0.15, 0.2) is 0 Å². The number of hydrogen-bond donors (Lipinski definition) is 0. The zero-order valence-corrected chi connectivity index (χ0v) is 9.88. The van der Waals surface area contributed by atoms with Crippen molar-refractivity contribution in [3.05, 3.63) is 53.7 Å². The Balaban J connectivity index is 2.34. The highest BCUT2D eigenvalue weighted by atomic mass is 15.2. The number of aryl methyl sites for hydroxylation is 1. The monoisotopic (exact) mass is 223 g/mol. The first-order valence-electron chi connectivity index (χ1n) is 5.38. The molecule has 0 amide bonds. The molecule has 1 aromatic carbocycles. The van der Waals surface area contributed by atoms with Crippen molar-refractivity contribution in [2.24, 2.45) is 0 Å². The number of benzene rings is 1. The normalized spacial score (nSPS) is 9.71. The van der Waals surface area contributed by atoms with Gasteiger partial charge in [0.05, 0.1) is 11.6 Å². The van der Waals surface area contributed by atoms with E-state index in [1.807, 2.05) is 55.3 Å². The van der Waals surface area contributed by atoms with Crippen molar-refractivity contribution in [3.63, 3.8) is 0 Å². The van der Waals surface area contributed by atoms with E-state index in [9.17, 15) is 0 Å². The molecule has 0 atom stereocenters. The van der Waals surface area contributed by atoms with Gasteiger partial charge in [0.25, 0.3) is 0 Å². The van der Waals surface area contributed by atoms with E-state index < -0.39 is 0 Å². The molecule has 17 heavy (non-hydrogen) atoms. The van der Waals surface area contributed by atoms with Crippen molar-refractivity contribution in [1.29, 1.82) is 5.26 Å². The number of nitrogens with zero attached hydrogens (tertiary/aromatic N) is 3. The van der Waals surface area contributed by atoms with E-state index in [2.05, 4.69) is 11.1 Å². The predicted octanol–water partition coefficient (Wildman–Crippen LogP) is 3.03. The Labute approximate surface area is 101 Å². The highest BCUT2D eigenvalue weighted by Gasteiger charge is 2.07. The fraction of sp³-hybridized carbons (Fsp3) is 0.143. The van der Waals surface area contributed by atoms with Gasteiger partial charge < -0.3 is 4.90 Å². The molecule has 0 saturated heterocycles. The maximum atomic E-state index is 8.75. The van der Waals surface area contributed by atoms with Gasteiger partial charge in [-0.3, -0.25) is 0 Å². The lowest BCUT2D eigenvalue weighted by atomic mass is 10.2. The number of aromatic nitrogens is 1. The number of anilines is 2. The van der Waals surface area contributed by atoms with Gasteiger partial charge in [-0.2, -0.15) is 5.26 Å². The quantitative estimate of drug-likeness (QED) is 0.785. The van der Waals surface area contributed by atoms with E-state index >= 15 is 0 Å². The van der Waals surface area contributed by atoms with Gasteiger partial charge in [-0.05, 0) is 42.8 Å². The van der Waals surface area contributed by atoms with E-state index in [4.69, 9.17) is 5.26 Å². The average molecular weight is 223 g/mol. The largest absolute Gasteiger partial charge is 0.329 e. The average Bonchev–Trinajstić information content (AvgIpc) is 2.39. The molecule has 0 bridgehead atoms. The summed E-state index contributed by atoms with van der Waals surface area (Å²) in [5, 5.41) is 8.75. The first kappa shape index (κ1) is 11.2. The lowest BCUT2D eigenvalue weighted by molar-refractivity contribution is 1.10. The van der Waals surface area contributed by atoms with Gasteiger partial charge in [0, 0.05) is 18.9 Å². The third-order valence-electron chi connectivity index (χ3n) is 2.68. The summed E-state index contributed by atoms with van der Waals surface area (Å²) in [5.41, 5.74) is 2.81. The van der Waals surface area contributed by atoms with Gasteiger partial charge >= 0.3 is 0 Å². The molecule has 3 heteroatoms. The first-order chi connectivity index (χ1) is 8.22. The molecule has 0 aliphatic rings. The van der Waals surface area contributed by atoms with E-state index in [1.54, 1.807) is 6.20 Å². The number of hydrogen-bond acceptors (Lipinski definition) is 3. The zero-order valence-electron chi connectivity index (χ0n) is 9.88. The lowest BCUT2D eigenvalue weighted by Crippen LogP contribution is -2.12. The first-order valence-corrected chi connectivity index (χ1v) is 5.38. The summed E-state index contributed by atoms with van der Waals surface area (Å²) in [4.78, 5) is 6.37. The van der Waals surface area contributed by atoms with Gasteiger partial charge in [-0.1, -0.05) is 6.07 Å². The molecule has 1 aromatic heterocycles. The Morgan fingerprint density at radius 2 is 1.88 bits per heavy atom. The van der Waals surface area contributed by atoms with E-state index in [1.165, 1.54) is 0 Å². The highest BCUT2D eigenvalue weighted by Crippen LogP contribution is 2.24. The molecule has 0 N–H and O–H groups in total. The molecule has 2 aromatic rings. The van der Waals surface area contributed by atoms with Crippen LogP contribution in [0.15, 0.2) is 42.6 Å². The van der Waals surface area contributed by atoms with Gasteiger partial charge in [0.2, 0.25) is 0 Å². The fourth-order valence-electron chi connectivity index (χ4n) is 1.71. The van der Waals surface area contributed by atoms with Crippen molar-refractivity contribution in [3.8, 4) is 6.07 Å². The molecule has 0 unspecified atom stereocenters. The second-order valence-electron chi connectivity index (χ2n) is 3.86. The summed E-state index contributed by atoms with van der Waals surface area (Å²) in [6.45, 7) is 2.03. The van der Waals surface area contributed by atoms with E-state index in [0.29, 0.717) is 5.56 Å². The van der Waals surface area contributed by atoms with Crippen molar-refractivity contribution in [2.45, 2.75) is 6.92 Å². The van der Waals surface area contributed by atoms with Crippen LogP contribution in [0.4, 0.5) is 11.5 Å². The highest BCUT2D eigenvalue weighted by molar-refractivity contribution is 5.62. The molecule has 0 saturated carbocycles. The Hall–Kier alpha value is -2.34. The number of pyridine rings is 1. The predicted molar refractivity (Wildman–Crippen MR) is 68.2 cm³/mol. The molecule has 0 spiro atoms. The molecule has 0 aliphatic heterocycles. The van der Waals surface area contributed by atoms with E-state index in [-0.39, 0.29) is 0 Å². The fourth-order valence-corrected chi connectivity index (χ4v) is 1.71. The Kier molecular flexibility index (Phi) is 3.06. The van der Waals surface area contributed by atoms with Crippen LogP contribution in [-0.2, 0) is 0 Å². The summed E-state index contributed by atoms with van der Waals surface area (Å²) < 4.78 is 0. The Morgan fingerprint density at radius 3 is 2.47 bits per heavy atom. The third kappa shape index (κ3) is 2.26. The van der Waals surface area contributed by atoms with Crippen LogP contribution >= 0.6 is 0 Å². The van der Waals surface area contributed by atoms with Crippen LogP contribution in [0.3, 0.4) is 0 Å². The zero-order chi connectivity index (χ0) is 12.3. The second-order valence-corrected chi connectivity index (χ2v) is 3.86. The SMILES string of the molecule is Cc1cccnc1N(C)c1ccc(C#N)cc1. The van der Waals surface area contributed by atoms with Gasteiger partial charge in [-0.25, -0.2) is 4.98 Å². The van der Waals surface area contributed by atoms with Crippen LogP contribution in [0.1, 0.15) is 11.1 Å². The smallest absolute Gasteiger partial charge is 0.135 e. The summed E-state index contributed by atoms with van der Waals surface area (Å²) in [5.74, 6) is 0.928. The van der Waals surface area contributed by atoms with E-state index in [0.717, 1.165) is 17.1 Å². The minimum atomic E-state index is 0.667. The maximum Gasteiger partial charge on any atom is 0.135 e. The standard InChI is InChI=1S/C14H13N3/c1-11-4-3-9-16-14(11)17(2)13-7-5-12(10-15)6-8-13/h3-9H,1-2H3. The number of nitriles is 1. The minimum Gasteiger partial charge on any atom is -0.329 e. The summed E-state index contributed by atoms with van der Waals surface area (Å²) in [6.07, 6.45) is 1.78. The molecular formula is C14H13N3. The molecular weight excluding hydrogens is 210 g/mol. The van der Waals surface area contributed by atoms with Gasteiger partial charge in [-0.15, -0.1) is 0 Å². The Bertz CT molecular complexity index is 552. The molecule has 0 aliphatic carbocycles. The molecule has 2 rings (SSSR count). The molecule has 3 nitrogen and oxygen atoms in total. The topological polar surface area (TPSA) is 39.9 Å². The van der Waals surface area contributed by atoms with Gasteiger partial charge in [0.1, 0.15) is 5.82 Å². The van der Waals surface area contributed by atoms with Crippen molar-refractivity contribution in [2.75, 3.05) is 11.9 Å². The third-order valence-corrected chi connectivity index (χ3v) is 2.68. The minimum absolute atomic E-state index is 0.667. The van der Waals surface area contributed by atoms with Crippen LogP contribution in [-0.4, -0.2) is 12.0 Å². The molecule has 0 fully saturated rings. The van der Waals surface area contributed by atoms with Crippen LogP contribution in [0.5, 0.6) is 0 Å². The maximum absolute atomic E-state index is 8.75. The van der Waals surface area contributed by atoms with Crippen molar-refractivity contribution >= 4 is 11.5 Å². The number of rotatable bonds is 2. The van der Waals surface area contributed by atoms with Crippen LogP contribution < -0.4 is 4.90 Å². The molecule has 84 valence electrons. The second kappa shape index (κ2) is 4.67.